The Kier molecular flexibility index (Phi) is 3.99. The van der Waals surface area contributed by atoms with Crippen molar-refractivity contribution in [3.05, 3.63) is 0 Å². The lowest BCUT2D eigenvalue weighted by atomic mass is 10.3. The second kappa shape index (κ2) is 3.97. The van der Waals surface area contributed by atoms with E-state index in [9.17, 15) is 8.60 Å². The Balaban J connectivity index is 3.05. The highest BCUT2D eigenvalue weighted by Gasteiger charge is 1.98. The summed E-state index contributed by atoms with van der Waals surface area (Å²) in [6.07, 6.45) is -0.592. The van der Waals surface area contributed by atoms with E-state index in [-0.39, 0.29) is 5.75 Å². The predicted molar refractivity (Wildman–Crippen MR) is 32.4 cm³/mol. The van der Waals surface area contributed by atoms with Crippen LogP contribution >= 0.6 is 0 Å². The van der Waals surface area contributed by atoms with E-state index in [2.05, 4.69) is 0 Å². The van der Waals surface area contributed by atoms with Crippen LogP contribution < -0.4 is 5.14 Å². The van der Waals surface area contributed by atoms with Crippen molar-refractivity contribution in [1.82, 2.24) is 0 Å². The number of nitrogens with two attached hydrogens (primary N) is 1. The van der Waals surface area contributed by atoms with E-state index in [0.717, 1.165) is 0 Å². The zero-order valence-corrected chi connectivity index (χ0v) is 5.58. The summed E-state index contributed by atoms with van der Waals surface area (Å²) in [4.78, 5) is 0. The maximum atomic E-state index is 11.9. The van der Waals surface area contributed by atoms with Gasteiger partial charge >= 0.3 is 0 Å². The molecular formula is C4H10FNOS. The highest BCUT2D eigenvalue weighted by Crippen LogP contribution is 1.94. The molecule has 0 radical (unpaired) electrons. The van der Waals surface area contributed by atoms with E-state index in [0.29, 0.717) is 6.42 Å². The van der Waals surface area contributed by atoms with Gasteiger partial charge in [0.05, 0.1) is 17.2 Å². The maximum Gasteiger partial charge on any atom is 0.0982 e. The zero-order valence-electron chi connectivity index (χ0n) is 4.76. The minimum Gasteiger partial charge on any atom is -0.252 e. The van der Waals surface area contributed by atoms with Crippen LogP contribution in [0.5, 0.6) is 0 Å². The topological polar surface area (TPSA) is 43.1 Å². The van der Waals surface area contributed by atoms with Crippen molar-refractivity contribution in [2.75, 3.05) is 5.75 Å². The van der Waals surface area contributed by atoms with Crippen molar-refractivity contribution in [3.63, 3.8) is 0 Å². The third-order valence-corrected chi connectivity index (χ3v) is 1.35. The Morgan fingerprint density at radius 1 is 1.88 bits per heavy atom. The minimum atomic E-state index is -1.33. The molecule has 2 atom stereocenters. The summed E-state index contributed by atoms with van der Waals surface area (Å²) in [5, 5.41) is 4.85. The lowest BCUT2D eigenvalue weighted by molar-refractivity contribution is 0.354. The van der Waals surface area contributed by atoms with Crippen molar-refractivity contribution in [2.24, 2.45) is 5.14 Å². The van der Waals surface area contributed by atoms with Crippen molar-refractivity contribution in [2.45, 2.75) is 19.5 Å². The molecule has 2 unspecified atom stereocenters. The van der Waals surface area contributed by atoms with Gasteiger partial charge in [-0.1, -0.05) is 0 Å². The lowest BCUT2D eigenvalue weighted by Crippen LogP contribution is -2.10. The first-order chi connectivity index (χ1) is 3.63. The molecule has 4 heteroatoms. The van der Waals surface area contributed by atoms with Gasteiger partial charge in [0.15, 0.2) is 0 Å². The lowest BCUT2D eigenvalue weighted by Gasteiger charge is -1.95. The smallest absolute Gasteiger partial charge is 0.0982 e. The molecular weight excluding hydrogens is 129 g/mol. The van der Waals surface area contributed by atoms with E-state index >= 15 is 0 Å². The van der Waals surface area contributed by atoms with Gasteiger partial charge < -0.3 is 0 Å². The molecule has 0 aromatic rings. The molecule has 0 spiro atoms. The zero-order chi connectivity index (χ0) is 6.57. The summed E-state index contributed by atoms with van der Waals surface area (Å²) in [6.45, 7) is 1.42. The summed E-state index contributed by atoms with van der Waals surface area (Å²) in [5.74, 6) is 0.262. The summed E-state index contributed by atoms with van der Waals surface area (Å²) in [7, 11) is -1.33. The molecule has 2 N–H and O–H groups in total. The Bertz CT molecular complexity index is 86.1. The van der Waals surface area contributed by atoms with Crippen LogP contribution in [0.4, 0.5) is 4.39 Å². The average Bonchev–Trinajstić information content (AvgIpc) is 1.61. The second-order valence-corrected chi connectivity index (χ2v) is 2.82. The molecule has 0 rings (SSSR count). The van der Waals surface area contributed by atoms with Gasteiger partial charge in [-0.15, -0.1) is 0 Å². The van der Waals surface area contributed by atoms with Gasteiger partial charge in [0.2, 0.25) is 0 Å². The van der Waals surface area contributed by atoms with Gasteiger partial charge in [-0.25, -0.2) is 8.60 Å². The van der Waals surface area contributed by atoms with E-state index < -0.39 is 17.2 Å². The van der Waals surface area contributed by atoms with E-state index in [1.54, 1.807) is 0 Å². The van der Waals surface area contributed by atoms with Gasteiger partial charge in [0, 0.05) is 5.75 Å². The van der Waals surface area contributed by atoms with Gasteiger partial charge in [-0.2, -0.15) is 0 Å². The van der Waals surface area contributed by atoms with E-state index in [4.69, 9.17) is 5.14 Å². The molecule has 0 amide bonds. The number of rotatable bonds is 3. The third-order valence-electron chi connectivity index (χ3n) is 0.717. The van der Waals surface area contributed by atoms with Crippen LogP contribution in [0.25, 0.3) is 0 Å². The third kappa shape index (κ3) is 6.04. The van der Waals surface area contributed by atoms with Gasteiger partial charge in [0.25, 0.3) is 0 Å². The first-order valence-corrected chi connectivity index (χ1v) is 3.78. The predicted octanol–water partition coefficient (Wildman–Crippen LogP) is 0.357. The van der Waals surface area contributed by atoms with Crippen LogP contribution in [0.15, 0.2) is 0 Å². The summed E-state index contributed by atoms with van der Waals surface area (Å²) in [6, 6.07) is 0. The molecule has 0 fully saturated rings. The van der Waals surface area contributed by atoms with E-state index in [1.807, 2.05) is 0 Å². The van der Waals surface area contributed by atoms with Crippen LogP contribution in [-0.2, 0) is 11.0 Å². The minimum absolute atomic E-state index is 0.262. The second-order valence-electron chi connectivity index (χ2n) is 1.65. The Labute approximate surface area is 50.8 Å². The van der Waals surface area contributed by atoms with Crippen molar-refractivity contribution in [3.8, 4) is 0 Å². The number of alkyl halides is 1. The number of hydrogen-bond donors (Lipinski definition) is 1. The fraction of sp³-hybridized carbons (Fsp3) is 1.00. The molecule has 2 nitrogen and oxygen atoms in total. The van der Waals surface area contributed by atoms with Crippen LogP contribution in [0.3, 0.4) is 0 Å². The van der Waals surface area contributed by atoms with Crippen LogP contribution in [0.1, 0.15) is 13.3 Å². The Morgan fingerprint density at radius 2 is 2.38 bits per heavy atom. The molecule has 0 aliphatic rings. The number of halogens is 1. The highest BCUT2D eigenvalue weighted by atomic mass is 32.2. The molecule has 50 valence electrons. The molecule has 0 aliphatic heterocycles. The van der Waals surface area contributed by atoms with Crippen molar-refractivity contribution < 1.29 is 8.60 Å². The number of hydrogen-bond acceptors (Lipinski definition) is 1. The molecule has 0 saturated carbocycles. The molecule has 0 aliphatic carbocycles. The first kappa shape index (κ1) is 8.04. The fourth-order valence-electron chi connectivity index (χ4n) is 0.279. The Morgan fingerprint density at radius 3 is 2.50 bits per heavy atom. The van der Waals surface area contributed by atoms with E-state index in [1.165, 1.54) is 6.92 Å². The normalized spacial score (nSPS) is 17.9. The van der Waals surface area contributed by atoms with Gasteiger partial charge in [-0.05, 0) is 13.3 Å². The maximum absolute atomic E-state index is 11.9. The van der Waals surface area contributed by atoms with Crippen LogP contribution in [0.2, 0.25) is 0 Å². The van der Waals surface area contributed by atoms with Gasteiger partial charge in [0.1, 0.15) is 0 Å². The molecule has 0 aromatic heterocycles. The summed E-state index contributed by atoms with van der Waals surface area (Å²) in [5.41, 5.74) is 0. The fourth-order valence-corrected chi connectivity index (χ4v) is 0.836. The largest absolute Gasteiger partial charge is 0.252 e. The molecule has 0 saturated heterocycles. The SMILES string of the molecule is CC(F)CCS(N)=O. The van der Waals surface area contributed by atoms with Crippen LogP contribution in [0, 0.1) is 0 Å². The Hall–Kier alpha value is 0.0400. The van der Waals surface area contributed by atoms with Crippen molar-refractivity contribution >= 4 is 11.0 Å². The molecule has 0 heterocycles. The first-order valence-electron chi connectivity index (χ1n) is 2.39. The molecule has 0 aromatic carbocycles. The van der Waals surface area contributed by atoms with Gasteiger partial charge in [-0.3, -0.25) is 5.14 Å². The highest BCUT2D eigenvalue weighted by molar-refractivity contribution is 7.82. The van der Waals surface area contributed by atoms with Crippen molar-refractivity contribution in [1.29, 1.82) is 0 Å². The standard InChI is InChI=1S/C4H10FNOS/c1-4(5)2-3-8(6)7/h4H,2-3,6H2,1H3. The molecule has 0 bridgehead atoms. The van der Waals surface area contributed by atoms with Crippen LogP contribution in [-0.4, -0.2) is 16.1 Å². The summed E-state index contributed by atoms with van der Waals surface area (Å²) >= 11 is 0. The average molecular weight is 139 g/mol. The summed E-state index contributed by atoms with van der Waals surface area (Å²) < 4.78 is 21.9. The monoisotopic (exact) mass is 139 g/mol. The quantitative estimate of drug-likeness (QED) is 0.602. The molecule has 8 heavy (non-hydrogen) atoms.